The van der Waals surface area contributed by atoms with Gasteiger partial charge in [0.15, 0.2) is 0 Å². The molecule has 4 heteroatoms. The lowest BCUT2D eigenvalue weighted by molar-refractivity contribution is 0.545. The van der Waals surface area contributed by atoms with Gasteiger partial charge in [-0.25, -0.2) is 0 Å². The molecule has 0 amide bonds. The van der Waals surface area contributed by atoms with E-state index in [1.165, 1.54) is 154 Å². The van der Waals surface area contributed by atoms with Crippen molar-refractivity contribution in [3.63, 3.8) is 0 Å². The van der Waals surface area contributed by atoms with Crippen LogP contribution in [0.2, 0.25) is 0 Å². The van der Waals surface area contributed by atoms with E-state index in [4.69, 9.17) is 11.5 Å². The zero-order valence-corrected chi connectivity index (χ0v) is 24.9. The van der Waals surface area contributed by atoms with Crippen LogP contribution in [0.3, 0.4) is 0 Å². The molecule has 0 aromatic heterocycles. The third-order valence-corrected chi connectivity index (χ3v) is 6.12. The SMILES string of the molecule is Br.CCCCCCCCCCCCCCN.CCCCCCCCCCCCCCN.Cl. The zero-order chi connectivity index (χ0) is 22.4. The maximum Gasteiger partial charge on any atom is -0.00773 e. The molecule has 0 heterocycles. The molecule has 0 saturated carbocycles. The summed E-state index contributed by atoms with van der Waals surface area (Å²) in [5.41, 5.74) is 10.9. The van der Waals surface area contributed by atoms with E-state index in [9.17, 15) is 0 Å². The van der Waals surface area contributed by atoms with Gasteiger partial charge in [-0.15, -0.1) is 29.4 Å². The van der Waals surface area contributed by atoms with Crippen LogP contribution in [0.4, 0.5) is 0 Å². The second-order valence-electron chi connectivity index (χ2n) is 9.36. The zero-order valence-electron chi connectivity index (χ0n) is 22.4. The number of nitrogens with two attached hydrogens (primary N) is 2. The lowest BCUT2D eigenvalue weighted by Gasteiger charge is -2.01. The van der Waals surface area contributed by atoms with Gasteiger partial charge < -0.3 is 11.5 Å². The van der Waals surface area contributed by atoms with Crippen molar-refractivity contribution in [1.29, 1.82) is 0 Å². The van der Waals surface area contributed by atoms with E-state index in [2.05, 4.69) is 13.8 Å². The van der Waals surface area contributed by atoms with Crippen LogP contribution in [0.15, 0.2) is 0 Å². The second kappa shape index (κ2) is 41.9. The van der Waals surface area contributed by atoms with Gasteiger partial charge in [0, 0.05) is 0 Å². The summed E-state index contributed by atoms with van der Waals surface area (Å²) in [6.45, 7) is 6.30. The van der Waals surface area contributed by atoms with Crippen molar-refractivity contribution in [2.24, 2.45) is 11.5 Å². The lowest BCUT2D eigenvalue weighted by Crippen LogP contribution is -1.97. The Bertz CT molecular complexity index is 218. The van der Waals surface area contributed by atoms with Gasteiger partial charge >= 0.3 is 0 Å². The molecule has 0 spiro atoms. The van der Waals surface area contributed by atoms with E-state index in [1.54, 1.807) is 0 Å². The second-order valence-corrected chi connectivity index (χ2v) is 9.36. The Balaban J connectivity index is -0.000000231. The molecule has 0 atom stereocenters. The normalized spacial score (nSPS) is 10.1. The Kier molecular flexibility index (Phi) is 52.2. The fourth-order valence-electron chi connectivity index (χ4n) is 3.97. The summed E-state index contributed by atoms with van der Waals surface area (Å²) in [5.74, 6) is 0. The molecule has 32 heavy (non-hydrogen) atoms. The first-order valence-electron chi connectivity index (χ1n) is 14.2. The average molecular weight is 544 g/mol. The van der Waals surface area contributed by atoms with Gasteiger partial charge in [-0.1, -0.05) is 155 Å². The molecular weight excluding hydrogens is 480 g/mol. The van der Waals surface area contributed by atoms with Gasteiger partial charge in [0.1, 0.15) is 0 Å². The smallest absolute Gasteiger partial charge is 0.00773 e. The molecule has 0 bridgehead atoms. The molecule has 0 aromatic rings. The predicted molar refractivity (Wildman–Crippen MR) is 158 cm³/mol. The van der Waals surface area contributed by atoms with Crippen molar-refractivity contribution in [3.8, 4) is 0 Å². The number of unbranched alkanes of at least 4 members (excludes halogenated alkanes) is 22. The van der Waals surface area contributed by atoms with Crippen molar-refractivity contribution in [3.05, 3.63) is 0 Å². The average Bonchev–Trinajstić information content (AvgIpc) is 2.76. The van der Waals surface area contributed by atoms with E-state index in [1.807, 2.05) is 0 Å². The minimum atomic E-state index is 0. The molecule has 0 radical (unpaired) electrons. The molecule has 0 fully saturated rings. The molecule has 0 saturated heterocycles. The molecule has 0 aliphatic carbocycles. The summed E-state index contributed by atoms with van der Waals surface area (Å²) < 4.78 is 0. The maximum atomic E-state index is 5.45. The van der Waals surface area contributed by atoms with Crippen molar-refractivity contribution in [2.75, 3.05) is 13.1 Å². The number of halogens is 2. The van der Waals surface area contributed by atoms with Crippen molar-refractivity contribution < 1.29 is 0 Å². The third-order valence-electron chi connectivity index (χ3n) is 6.12. The van der Waals surface area contributed by atoms with E-state index >= 15 is 0 Å². The van der Waals surface area contributed by atoms with Crippen LogP contribution in [0.1, 0.15) is 168 Å². The fourth-order valence-corrected chi connectivity index (χ4v) is 3.97. The summed E-state index contributed by atoms with van der Waals surface area (Å²) >= 11 is 0. The first-order chi connectivity index (χ1) is 14.8. The first-order valence-corrected chi connectivity index (χ1v) is 14.2. The van der Waals surface area contributed by atoms with Crippen molar-refractivity contribution in [2.45, 2.75) is 168 Å². The number of rotatable bonds is 24. The highest BCUT2D eigenvalue weighted by Gasteiger charge is 1.93. The van der Waals surface area contributed by atoms with Crippen LogP contribution < -0.4 is 11.5 Å². The molecule has 2 nitrogen and oxygen atoms in total. The highest BCUT2D eigenvalue weighted by molar-refractivity contribution is 8.93. The minimum Gasteiger partial charge on any atom is -0.330 e. The largest absolute Gasteiger partial charge is 0.330 e. The Hall–Kier alpha value is 0.690. The summed E-state index contributed by atoms with van der Waals surface area (Å²) in [4.78, 5) is 0. The quantitative estimate of drug-likeness (QED) is 0.119. The van der Waals surface area contributed by atoms with Gasteiger partial charge in [0.05, 0.1) is 0 Å². The Labute approximate surface area is 221 Å². The topological polar surface area (TPSA) is 52.0 Å². The standard InChI is InChI=1S/2C14H31N.BrH.ClH/c2*1-2-3-4-5-6-7-8-9-10-11-12-13-14-15;;/h2*2-15H2,1H3;2*1H. The van der Waals surface area contributed by atoms with Gasteiger partial charge in [-0.3, -0.25) is 0 Å². The van der Waals surface area contributed by atoms with E-state index in [-0.39, 0.29) is 29.4 Å². The van der Waals surface area contributed by atoms with Crippen LogP contribution in [0.25, 0.3) is 0 Å². The highest BCUT2D eigenvalue weighted by Crippen LogP contribution is 2.12. The molecule has 0 aliphatic rings. The molecule has 4 N–H and O–H groups in total. The Morgan fingerprint density at radius 2 is 0.469 bits per heavy atom. The molecule has 0 unspecified atom stereocenters. The number of hydrogen-bond donors (Lipinski definition) is 2. The van der Waals surface area contributed by atoms with Crippen molar-refractivity contribution in [1.82, 2.24) is 0 Å². The molecule has 0 rings (SSSR count). The van der Waals surface area contributed by atoms with E-state index in [0.717, 1.165) is 13.1 Å². The summed E-state index contributed by atoms with van der Waals surface area (Å²) in [6.07, 6.45) is 33.8. The van der Waals surface area contributed by atoms with E-state index < -0.39 is 0 Å². The molecule has 0 aliphatic heterocycles. The fraction of sp³-hybridized carbons (Fsp3) is 1.00. The highest BCUT2D eigenvalue weighted by atomic mass is 79.9. The predicted octanol–water partition coefficient (Wildman–Crippen LogP) is 10.3. The summed E-state index contributed by atoms with van der Waals surface area (Å²) in [6, 6.07) is 0. The molecule has 0 aromatic carbocycles. The number of hydrogen-bond acceptors (Lipinski definition) is 2. The van der Waals surface area contributed by atoms with Crippen LogP contribution in [0.5, 0.6) is 0 Å². The maximum absolute atomic E-state index is 5.45. The molecule has 200 valence electrons. The van der Waals surface area contributed by atoms with Crippen LogP contribution in [0, 0.1) is 0 Å². The Morgan fingerprint density at radius 1 is 0.312 bits per heavy atom. The van der Waals surface area contributed by atoms with Gasteiger partial charge in [0.2, 0.25) is 0 Å². The van der Waals surface area contributed by atoms with Gasteiger partial charge in [0.25, 0.3) is 0 Å². The van der Waals surface area contributed by atoms with Crippen molar-refractivity contribution >= 4 is 29.4 Å². The third kappa shape index (κ3) is 44.4. The van der Waals surface area contributed by atoms with Crippen LogP contribution >= 0.6 is 29.4 Å². The Morgan fingerprint density at radius 3 is 0.625 bits per heavy atom. The van der Waals surface area contributed by atoms with Crippen LogP contribution in [-0.4, -0.2) is 13.1 Å². The lowest BCUT2D eigenvalue weighted by atomic mass is 10.1. The summed E-state index contributed by atoms with van der Waals surface area (Å²) in [5, 5.41) is 0. The minimum absolute atomic E-state index is 0. The van der Waals surface area contributed by atoms with Gasteiger partial charge in [-0.2, -0.15) is 0 Å². The monoisotopic (exact) mass is 542 g/mol. The van der Waals surface area contributed by atoms with Gasteiger partial charge in [-0.05, 0) is 25.9 Å². The summed E-state index contributed by atoms with van der Waals surface area (Å²) in [7, 11) is 0. The van der Waals surface area contributed by atoms with E-state index in [0.29, 0.717) is 0 Å². The molecular formula is C28H64BrClN2. The van der Waals surface area contributed by atoms with Crippen LogP contribution in [-0.2, 0) is 0 Å². The first kappa shape index (κ1) is 39.9.